The van der Waals surface area contributed by atoms with Gasteiger partial charge in [-0.2, -0.15) is 0 Å². The van der Waals surface area contributed by atoms with E-state index in [0.717, 1.165) is 10.0 Å². The Morgan fingerprint density at radius 3 is 2.17 bits per heavy atom. The van der Waals surface area contributed by atoms with Gasteiger partial charge >= 0.3 is 23.1 Å². The third-order valence-electron chi connectivity index (χ3n) is 1.57. The predicted molar refractivity (Wildman–Crippen MR) is 59.3 cm³/mol. The normalized spacial score (nSPS) is 10.7. The summed E-state index contributed by atoms with van der Waals surface area (Å²) in [5, 5.41) is 0. The number of hydrogen-bond donors (Lipinski definition) is 1. The predicted octanol–water partition coefficient (Wildman–Crippen LogP) is 2.49. The Balaban J connectivity index is -0.000000403. The molecule has 3 heteroatoms. The zero-order valence-corrected chi connectivity index (χ0v) is 10.5. The molecular weight excluding hydrogens is 226 g/mol. The van der Waals surface area contributed by atoms with Crippen LogP contribution in [0.25, 0.3) is 0 Å². The first-order valence-electron chi connectivity index (χ1n) is 3.56. The van der Waals surface area contributed by atoms with Crippen LogP contribution in [0.5, 0.6) is 0 Å². The minimum Gasteiger partial charge on any atom is -1.00 e. The zero-order valence-electron chi connectivity index (χ0n) is 9.47. The average molecular weight is 240 g/mol. The Morgan fingerprint density at radius 1 is 1.33 bits per heavy atom. The molecule has 0 saturated carbocycles. The van der Waals surface area contributed by atoms with Gasteiger partial charge in [0.2, 0.25) is 0 Å². The number of hydrogen-bond acceptors (Lipinski definition) is 1. The molecule has 0 bridgehead atoms. The standard InChI is InChI=1S/C9H12BrN.Mg.2H/c1-9(2,11)7-5-3-4-6-8(7)10;;;/h3-6H,11H2,1-2H3;;;/q;+2;2*-1. The van der Waals surface area contributed by atoms with E-state index >= 15 is 0 Å². The molecular formula is C9H14BrMgN. The summed E-state index contributed by atoms with van der Waals surface area (Å²) in [4.78, 5) is 0. The van der Waals surface area contributed by atoms with E-state index in [1.165, 1.54) is 0 Å². The maximum atomic E-state index is 5.93. The molecule has 2 N–H and O–H groups in total. The van der Waals surface area contributed by atoms with Gasteiger partial charge in [0, 0.05) is 10.0 Å². The van der Waals surface area contributed by atoms with Crippen molar-refractivity contribution in [3.8, 4) is 0 Å². The van der Waals surface area contributed by atoms with Crippen molar-refractivity contribution in [2.24, 2.45) is 5.73 Å². The molecule has 12 heavy (non-hydrogen) atoms. The first kappa shape index (κ1) is 12.4. The molecule has 0 heterocycles. The molecule has 0 unspecified atom stereocenters. The molecule has 0 saturated heterocycles. The molecule has 1 aromatic carbocycles. The van der Waals surface area contributed by atoms with Crippen molar-refractivity contribution in [2.45, 2.75) is 19.4 Å². The minimum atomic E-state index is -0.264. The van der Waals surface area contributed by atoms with E-state index < -0.39 is 0 Å². The van der Waals surface area contributed by atoms with E-state index in [4.69, 9.17) is 5.73 Å². The first-order chi connectivity index (χ1) is 5.02. The van der Waals surface area contributed by atoms with Gasteiger partial charge in [0.25, 0.3) is 0 Å². The van der Waals surface area contributed by atoms with E-state index in [0.29, 0.717) is 0 Å². The topological polar surface area (TPSA) is 26.0 Å². The van der Waals surface area contributed by atoms with Crippen molar-refractivity contribution in [1.29, 1.82) is 0 Å². The molecule has 1 rings (SSSR count). The molecule has 0 aliphatic carbocycles. The van der Waals surface area contributed by atoms with Crippen LogP contribution in [0.1, 0.15) is 22.3 Å². The summed E-state index contributed by atoms with van der Waals surface area (Å²) in [6.07, 6.45) is 0. The van der Waals surface area contributed by atoms with Gasteiger partial charge in [-0.25, -0.2) is 0 Å². The summed E-state index contributed by atoms with van der Waals surface area (Å²) in [7, 11) is 0. The molecule has 0 aliphatic rings. The van der Waals surface area contributed by atoms with E-state index in [1.807, 2.05) is 38.1 Å². The molecule has 0 atom stereocenters. The fourth-order valence-corrected chi connectivity index (χ4v) is 1.78. The summed E-state index contributed by atoms with van der Waals surface area (Å²) in [5.74, 6) is 0. The maximum Gasteiger partial charge on any atom is 2.00 e. The van der Waals surface area contributed by atoms with E-state index in [2.05, 4.69) is 15.9 Å². The van der Waals surface area contributed by atoms with Crippen LogP contribution >= 0.6 is 15.9 Å². The number of nitrogens with two attached hydrogens (primary N) is 1. The van der Waals surface area contributed by atoms with Crippen LogP contribution < -0.4 is 5.73 Å². The summed E-state index contributed by atoms with van der Waals surface area (Å²) in [6, 6.07) is 8.02. The fraction of sp³-hybridized carbons (Fsp3) is 0.333. The summed E-state index contributed by atoms with van der Waals surface area (Å²) >= 11 is 3.45. The second-order valence-corrected chi connectivity index (χ2v) is 4.06. The Morgan fingerprint density at radius 2 is 1.83 bits per heavy atom. The van der Waals surface area contributed by atoms with Crippen molar-refractivity contribution in [3.63, 3.8) is 0 Å². The van der Waals surface area contributed by atoms with Crippen LogP contribution in [-0.2, 0) is 5.54 Å². The number of rotatable bonds is 1. The van der Waals surface area contributed by atoms with Gasteiger partial charge in [0.1, 0.15) is 0 Å². The third-order valence-corrected chi connectivity index (χ3v) is 2.26. The third kappa shape index (κ3) is 3.05. The largest absolute Gasteiger partial charge is 2.00 e. The summed E-state index contributed by atoms with van der Waals surface area (Å²) < 4.78 is 1.08. The molecule has 0 spiro atoms. The molecule has 0 fully saturated rings. The minimum absolute atomic E-state index is 0. The van der Waals surface area contributed by atoms with Crippen molar-refractivity contribution < 1.29 is 2.85 Å². The maximum absolute atomic E-state index is 5.93. The van der Waals surface area contributed by atoms with Crippen LogP contribution in [-0.4, -0.2) is 23.1 Å². The van der Waals surface area contributed by atoms with Crippen LogP contribution in [0.15, 0.2) is 28.7 Å². The molecule has 0 radical (unpaired) electrons. The van der Waals surface area contributed by atoms with Gasteiger partial charge in [-0.15, -0.1) is 0 Å². The van der Waals surface area contributed by atoms with Gasteiger partial charge in [-0.3, -0.25) is 0 Å². The van der Waals surface area contributed by atoms with Gasteiger partial charge < -0.3 is 8.59 Å². The van der Waals surface area contributed by atoms with Crippen molar-refractivity contribution in [1.82, 2.24) is 0 Å². The van der Waals surface area contributed by atoms with Gasteiger partial charge in [0.05, 0.1) is 0 Å². The Bertz CT molecular complexity index is 263. The van der Waals surface area contributed by atoms with E-state index in [-0.39, 0.29) is 31.4 Å². The fourth-order valence-electron chi connectivity index (χ4n) is 0.984. The van der Waals surface area contributed by atoms with Crippen LogP contribution in [0.3, 0.4) is 0 Å². The van der Waals surface area contributed by atoms with Gasteiger partial charge in [0.15, 0.2) is 0 Å². The summed E-state index contributed by atoms with van der Waals surface area (Å²) in [5.41, 5.74) is 6.80. The quantitative estimate of drug-likeness (QED) is 0.750. The van der Waals surface area contributed by atoms with Gasteiger partial charge in [-0.1, -0.05) is 34.1 Å². The number of benzene rings is 1. The van der Waals surface area contributed by atoms with Crippen molar-refractivity contribution in [2.75, 3.05) is 0 Å². The average Bonchev–Trinajstić information content (AvgIpc) is 1.86. The molecule has 0 amide bonds. The molecule has 1 nitrogen and oxygen atoms in total. The second kappa shape index (κ2) is 4.60. The monoisotopic (exact) mass is 239 g/mol. The second-order valence-electron chi connectivity index (χ2n) is 3.20. The Hall–Kier alpha value is 0.426. The van der Waals surface area contributed by atoms with E-state index in [1.54, 1.807) is 0 Å². The van der Waals surface area contributed by atoms with Gasteiger partial charge in [-0.05, 0) is 25.5 Å². The Kier molecular flexibility index (Phi) is 4.77. The SMILES string of the molecule is CC(C)(N)c1ccccc1Br.[H-].[H-].[Mg+2]. The van der Waals surface area contributed by atoms with Crippen molar-refractivity contribution >= 4 is 39.0 Å². The molecule has 0 aliphatic heterocycles. The van der Waals surface area contributed by atoms with E-state index in [9.17, 15) is 0 Å². The summed E-state index contributed by atoms with van der Waals surface area (Å²) in [6.45, 7) is 3.99. The van der Waals surface area contributed by atoms with Crippen molar-refractivity contribution in [3.05, 3.63) is 34.3 Å². The zero-order chi connectivity index (χ0) is 8.48. The Labute approximate surface area is 101 Å². The van der Waals surface area contributed by atoms with Crippen LogP contribution in [0.4, 0.5) is 0 Å². The molecule has 1 aromatic rings. The first-order valence-corrected chi connectivity index (χ1v) is 4.35. The van der Waals surface area contributed by atoms with Crippen LogP contribution in [0.2, 0.25) is 0 Å². The van der Waals surface area contributed by atoms with Crippen LogP contribution in [0, 0.1) is 0 Å². The molecule has 64 valence electrons. The number of halogens is 1. The smallest absolute Gasteiger partial charge is 1.00 e. The molecule has 0 aromatic heterocycles.